The van der Waals surface area contributed by atoms with Gasteiger partial charge in [-0.2, -0.15) is 10.1 Å². The minimum Gasteiger partial charge on any atom is -0.395 e. The van der Waals surface area contributed by atoms with Gasteiger partial charge < -0.3 is 5.11 Å². The first-order chi connectivity index (χ1) is 13.0. The van der Waals surface area contributed by atoms with Crippen molar-refractivity contribution in [3.8, 4) is 17.5 Å². The van der Waals surface area contributed by atoms with Crippen LogP contribution in [-0.4, -0.2) is 46.9 Å². The molecule has 3 aromatic rings. The molecule has 0 unspecified atom stereocenters. The van der Waals surface area contributed by atoms with E-state index in [9.17, 15) is 8.42 Å². The maximum atomic E-state index is 12.0. The second kappa shape index (κ2) is 8.05. The van der Waals surface area contributed by atoms with Gasteiger partial charge in [0.05, 0.1) is 29.7 Å². The van der Waals surface area contributed by atoms with E-state index in [0.29, 0.717) is 23.5 Å². The smallest absolute Gasteiger partial charge is 0.240 e. The van der Waals surface area contributed by atoms with E-state index in [2.05, 4.69) is 26.2 Å². The number of nitriles is 1. The Balaban J connectivity index is 1.73. The topological polar surface area (TPSA) is 134 Å². The van der Waals surface area contributed by atoms with Gasteiger partial charge in [0.25, 0.3) is 0 Å². The Morgan fingerprint density at radius 3 is 2.44 bits per heavy atom. The van der Waals surface area contributed by atoms with Gasteiger partial charge in [0.2, 0.25) is 15.8 Å². The van der Waals surface area contributed by atoms with Crippen LogP contribution in [0, 0.1) is 11.3 Å². The zero-order valence-corrected chi connectivity index (χ0v) is 15.0. The van der Waals surface area contributed by atoms with Crippen LogP contribution in [-0.2, 0) is 16.6 Å². The van der Waals surface area contributed by atoms with E-state index in [1.165, 1.54) is 16.9 Å². The zero-order valence-electron chi connectivity index (χ0n) is 14.1. The van der Waals surface area contributed by atoms with E-state index in [4.69, 9.17) is 10.4 Å². The van der Waals surface area contributed by atoms with Crippen molar-refractivity contribution < 1.29 is 13.5 Å². The average Bonchev–Trinajstić information content (AvgIpc) is 3.15. The predicted molar refractivity (Wildman–Crippen MR) is 95.8 cm³/mol. The second-order valence-corrected chi connectivity index (χ2v) is 7.36. The van der Waals surface area contributed by atoms with Crippen molar-refractivity contribution in [3.63, 3.8) is 0 Å². The van der Waals surface area contributed by atoms with Crippen LogP contribution in [0.1, 0.15) is 11.1 Å². The highest BCUT2D eigenvalue weighted by Gasteiger charge is 2.14. The molecule has 1 aromatic heterocycles. The largest absolute Gasteiger partial charge is 0.395 e. The summed E-state index contributed by atoms with van der Waals surface area (Å²) < 4.78 is 26.3. The number of tetrazole rings is 1. The molecule has 0 atom stereocenters. The molecule has 0 bridgehead atoms. The van der Waals surface area contributed by atoms with E-state index in [-0.39, 0.29) is 18.0 Å². The predicted octanol–water partition coefficient (Wildman–Crippen LogP) is 0.531. The van der Waals surface area contributed by atoms with Gasteiger partial charge in [-0.1, -0.05) is 12.1 Å². The lowest BCUT2D eigenvalue weighted by molar-refractivity contribution is 0.301. The molecule has 0 amide bonds. The molecule has 0 aliphatic rings. The number of sulfonamides is 1. The standard InChI is InChI=1S/C17H16N6O3S/c18-11-13-1-3-14(4-2-13)12-23-21-17(20-22-23)15-5-7-16(8-6-15)27(25,26)19-9-10-24/h1-8,19,24H,9-10,12H2. The van der Waals surface area contributed by atoms with Crippen LogP contribution >= 0.6 is 0 Å². The Hall–Kier alpha value is -3.13. The van der Waals surface area contributed by atoms with Gasteiger partial charge in [0.1, 0.15) is 0 Å². The van der Waals surface area contributed by atoms with Gasteiger partial charge in [-0.25, -0.2) is 13.1 Å². The lowest BCUT2D eigenvalue weighted by Crippen LogP contribution is -2.26. The first-order valence-corrected chi connectivity index (χ1v) is 9.48. The number of aromatic nitrogens is 4. The monoisotopic (exact) mass is 384 g/mol. The molecule has 2 N–H and O–H groups in total. The van der Waals surface area contributed by atoms with Crippen molar-refractivity contribution in [1.29, 1.82) is 5.26 Å². The third-order valence-electron chi connectivity index (χ3n) is 3.69. The van der Waals surface area contributed by atoms with Gasteiger partial charge in [-0.3, -0.25) is 0 Å². The maximum Gasteiger partial charge on any atom is 0.240 e. The van der Waals surface area contributed by atoms with Crippen molar-refractivity contribution in [1.82, 2.24) is 24.9 Å². The van der Waals surface area contributed by atoms with Crippen LogP contribution in [0.15, 0.2) is 53.4 Å². The summed E-state index contributed by atoms with van der Waals surface area (Å²) in [5.41, 5.74) is 2.13. The Kier molecular flexibility index (Phi) is 5.56. The normalized spacial score (nSPS) is 11.3. The van der Waals surface area contributed by atoms with Gasteiger partial charge in [0.15, 0.2) is 0 Å². The Morgan fingerprint density at radius 2 is 1.81 bits per heavy atom. The number of aliphatic hydroxyl groups excluding tert-OH is 1. The van der Waals surface area contributed by atoms with Crippen LogP contribution in [0.25, 0.3) is 11.4 Å². The molecule has 0 fully saturated rings. The average molecular weight is 384 g/mol. The maximum absolute atomic E-state index is 12.0. The number of hydrogen-bond donors (Lipinski definition) is 2. The molecule has 1 heterocycles. The van der Waals surface area contributed by atoms with Crippen molar-refractivity contribution in [2.24, 2.45) is 0 Å². The van der Waals surface area contributed by atoms with Gasteiger partial charge in [-0.05, 0) is 47.2 Å². The minimum absolute atomic E-state index is 0.0463. The summed E-state index contributed by atoms with van der Waals surface area (Å²) in [6.45, 7) is 0.0785. The summed E-state index contributed by atoms with van der Waals surface area (Å²) in [7, 11) is -3.66. The number of aliphatic hydroxyl groups is 1. The molecule has 2 aromatic carbocycles. The molecule has 0 aliphatic heterocycles. The van der Waals surface area contributed by atoms with Crippen LogP contribution in [0.4, 0.5) is 0 Å². The van der Waals surface area contributed by atoms with Crippen molar-refractivity contribution in [3.05, 3.63) is 59.7 Å². The lowest BCUT2D eigenvalue weighted by Gasteiger charge is -2.05. The van der Waals surface area contributed by atoms with E-state index in [1.54, 1.807) is 24.3 Å². The van der Waals surface area contributed by atoms with Crippen LogP contribution < -0.4 is 4.72 Å². The first-order valence-electron chi connectivity index (χ1n) is 7.99. The van der Waals surface area contributed by atoms with Crippen molar-refractivity contribution in [2.45, 2.75) is 11.4 Å². The quantitative estimate of drug-likeness (QED) is 0.607. The van der Waals surface area contributed by atoms with Crippen molar-refractivity contribution in [2.75, 3.05) is 13.2 Å². The van der Waals surface area contributed by atoms with Gasteiger partial charge in [-0.15, -0.1) is 10.2 Å². The fourth-order valence-corrected chi connectivity index (χ4v) is 3.34. The molecule has 27 heavy (non-hydrogen) atoms. The van der Waals surface area contributed by atoms with Crippen LogP contribution in [0.3, 0.4) is 0 Å². The summed E-state index contributed by atoms with van der Waals surface area (Å²) in [6.07, 6.45) is 0. The Morgan fingerprint density at radius 1 is 1.11 bits per heavy atom. The third kappa shape index (κ3) is 4.53. The lowest BCUT2D eigenvalue weighted by atomic mass is 10.1. The molecule has 0 aliphatic carbocycles. The highest BCUT2D eigenvalue weighted by molar-refractivity contribution is 7.89. The summed E-state index contributed by atoms with van der Waals surface area (Å²) >= 11 is 0. The van der Waals surface area contributed by atoms with E-state index in [1.807, 2.05) is 12.1 Å². The molecule has 0 saturated carbocycles. The molecule has 9 nitrogen and oxygen atoms in total. The Bertz CT molecular complexity index is 1050. The number of nitrogens with one attached hydrogen (secondary N) is 1. The molecule has 0 spiro atoms. The molecular formula is C17H16N6O3S. The number of hydrogen-bond acceptors (Lipinski definition) is 7. The first kappa shape index (κ1) is 18.7. The Labute approximate surface area is 155 Å². The van der Waals surface area contributed by atoms with Crippen molar-refractivity contribution >= 4 is 10.0 Å². The summed E-state index contributed by atoms with van der Waals surface area (Å²) in [4.78, 5) is 1.51. The number of benzene rings is 2. The zero-order chi connectivity index (χ0) is 19.3. The van der Waals surface area contributed by atoms with Crippen LogP contribution in [0.5, 0.6) is 0 Å². The number of rotatable bonds is 7. The SMILES string of the molecule is N#Cc1ccc(Cn2nnc(-c3ccc(S(=O)(=O)NCCO)cc3)n2)cc1. The fraction of sp³-hybridized carbons (Fsp3) is 0.176. The minimum atomic E-state index is -3.66. The van der Waals surface area contributed by atoms with E-state index >= 15 is 0 Å². The highest BCUT2D eigenvalue weighted by atomic mass is 32.2. The van der Waals surface area contributed by atoms with Gasteiger partial charge >= 0.3 is 0 Å². The van der Waals surface area contributed by atoms with Crippen LogP contribution in [0.2, 0.25) is 0 Å². The third-order valence-corrected chi connectivity index (χ3v) is 5.16. The molecular weight excluding hydrogens is 368 g/mol. The molecule has 0 radical (unpaired) electrons. The molecule has 3 rings (SSSR count). The van der Waals surface area contributed by atoms with E-state index < -0.39 is 10.0 Å². The fourth-order valence-electron chi connectivity index (χ4n) is 2.32. The second-order valence-electron chi connectivity index (χ2n) is 5.60. The molecule has 138 valence electrons. The summed E-state index contributed by atoms with van der Waals surface area (Å²) in [5, 5.41) is 29.8. The summed E-state index contributed by atoms with van der Waals surface area (Å²) in [5.74, 6) is 0.371. The number of nitrogens with zero attached hydrogens (tertiary/aromatic N) is 5. The molecule has 10 heteroatoms. The van der Waals surface area contributed by atoms with Gasteiger partial charge in [0, 0.05) is 12.1 Å². The highest BCUT2D eigenvalue weighted by Crippen LogP contribution is 2.17. The van der Waals surface area contributed by atoms with E-state index in [0.717, 1.165) is 5.56 Å². The summed E-state index contributed by atoms with van der Waals surface area (Å²) in [6, 6.07) is 15.2. The molecule has 0 saturated heterocycles.